The molecule has 0 unspecified atom stereocenters. The molecule has 4 rings (SSSR count). The summed E-state index contributed by atoms with van der Waals surface area (Å²) in [5, 5.41) is 11.9. The molecule has 2 N–H and O–H groups in total. The monoisotopic (exact) mass is 378 g/mol. The van der Waals surface area contributed by atoms with Crippen LogP contribution >= 0.6 is 11.6 Å². The number of nitrogens with one attached hydrogen (secondary N) is 1. The Labute approximate surface area is 149 Å². The first-order valence-corrected chi connectivity index (χ1v) is 7.85. The van der Waals surface area contributed by atoms with Crippen LogP contribution in [0.2, 0.25) is 5.02 Å². The molecule has 4 nitrogen and oxygen atoms in total. The zero-order chi connectivity index (χ0) is 18.5. The molecule has 0 amide bonds. The molecule has 26 heavy (non-hydrogen) atoms. The van der Waals surface area contributed by atoms with Gasteiger partial charge in [-0.3, -0.25) is 0 Å². The van der Waals surface area contributed by atoms with E-state index in [1.54, 1.807) is 24.3 Å². The fourth-order valence-corrected chi connectivity index (χ4v) is 3.01. The average molecular weight is 379 g/mol. The molecule has 0 radical (unpaired) electrons. The number of fused-ring (bicyclic) bond motifs is 2. The molecule has 2 aromatic carbocycles. The van der Waals surface area contributed by atoms with Crippen molar-refractivity contribution in [2.24, 2.45) is 0 Å². The molecule has 0 fully saturated rings. The van der Waals surface area contributed by atoms with Crippen molar-refractivity contribution in [3.8, 4) is 22.9 Å². The Morgan fingerprint density at radius 1 is 1.04 bits per heavy atom. The van der Waals surface area contributed by atoms with Gasteiger partial charge in [0.1, 0.15) is 17.2 Å². The van der Waals surface area contributed by atoms with Gasteiger partial charge in [0.05, 0.1) is 16.2 Å². The lowest BCUT2D eigenvalue weighted by atomic mass is 10.1. The summed E-state index contributed by atoms with van der Waals surface area (Å²) < 4.78 is 41.0. The molecule has 2 heterocycles. The van der Waals surface area contributed by atoms with Crippen molar-refractivity contribution in [3.05, 3.63) is 53.6 Å². The number of pyridine rings is 1. The number of aromatic amines is 1. The highest BCUT2D eigenvalue weighted by atomic mass is 35.5. The van der Waals surface area contributed by atoms with Gasteiger partial charge in [0, 0.05) is 16.3 Å². The highest BCUT2D eigenvalue weighted by Crippen LogP contribution is 2.35. The molecule has 4 aromatic rings. The van der Waals surface area contributed by atoms with E-state index in [1.807, 2.05) is 0 Å². The lowest BCUT2D eigenvalue weighted by molar-refractivity contribution is -0.274. The lowest BCUT2D eigenvalue weighted by Gasteiger charge is -2.08. The van der Waals surface area contributed by atoms with E-state index in [0.29, 0.717) is 32.5 Å². The molecule has 0 aliphatic carbocycles. The second kappa shape index (κ2) is 5.81. The Balaban J connectivity index is 1.83. The third-order valence-corrected chi connectivity index (χ3v) is 4.16. The van der Waals surface area contributed by atoms with Crippen molar-refractivity contribution in [1.82, 2.24) is 9.97 Å². The molecule has 0 bridgehead atoms. The zero-order valence-electron chi connectivity index (χ0n) is 12.9. The topological polar surface area (TPSA) is 58.1 Å². The molecule has 2 aromatic heterocycles. The van der Waals surface area contributed by atoms with E-state index in [-0.39, 0.29) is 17.2 Å². The molecule has 0 aliphatic rings. The number of hydrogen-bond donors (Lipinski definition) is 2. The number of aromatic nitrogens is 2. The van der Waals surface area contributed by atoms with Gasteiger partial charge in [-0.2, -0.15) is 0 Å². The van der Waals surface area contributed by atoms with Gasteiger partial charge in [-0.1, -0.05) is 23.7 Å². The standard InChI is InChI=1S/C18H10ClF3N2O2/c19-12-3-1-2-9-8-15(25)17(24-16(9)12)14-7-10-6-11(26-18(20,21)22)4-5-13(10)23-14/h1-8,23,25H. The smallest absolute Gasteiger partial charge is 0.506 e. The molecule has 0 saturated heterocycles. The van der Waals surface area contributed by atoms with Crippen LogP contribution < -0.4 is 4.74 Å². The zero-order valence-corrected chi connectivity index (χ0v) is 13.7. The number of halogens is 4. The predicted molar refractivity (Wildman–Crippen MR) is 92.4 cm³/mol. The summed E-state index contributed by atoms with van der Waals surface area (Å²) in [4.78, 5) is 7.42. The Morgan fingerprint density at radius 3 is 2.62 bits per heavy atom. The summed E-state index contributed by atoms with van der Waals surface area (Å²) >= 11 is 6.15. The Kier molecular flexibility index (Phi) is 3.69. The van der Waals surface area contributed by atoms with Crippen molar-refractivity contribution < 1.29 is 23.0 Å². The maximum Gasteiger partial charge on any atom is 0.573 e. The van der Waals surface area contributed by atoms with Crippen molar-refractivity contribution >= 4 is 33.4 Å². The summed E-state index contributed by atoms with van der Waals surface area (Å²) in [6.45, 7) is 0. The first kappa shape index (κ1) is 16.5. The van der Waals surface area contributed by atoms with Crippen LogP contribution in [-0.4, -0.2) is 21.4 Å². The Bertz CT molecular complexity index is 1140. The number of ether oxygens (including phenoxy) is 1. The Hall–Kier alpha value is -2.93. The van der Waals surface area contributed by atoms with Crippen LogP contribution in [0.5, 0.6) is 11.5 Å². The van der Waals surface area contributed by atoms with Crippen LogP contribution in [0.4, 0.5) is 13.2 Å². The van der Waals surface area contributed by atoms with E-state index in [4.69, 9.17) is 11.6 Å². The van der Waals surface area contributed by atoms with Gasteiger partial charge in [0.25, 0.3) is 0 Å². The third kappa shape index (κ3) is 3.01. The fraction of sp³-hybridized carbons (Fsp3) is 0.0556. The minimum Gasteiger partial charge on any atom is -0.506 e. The van der Waals surface area contributed by atoms with E-state index >= 15 is 0 Å². The van der Waals surface area contributed by atoms with Crippen molar-refractivity contribution in [2.75, 3.05) is 0 Å². The maximum atomic E-state index is 12.4. The summed E-state index contributed by atoms with van der Waals surface area (Å²) in [5.41, 5.74) is 1.79. The largest absolute Gasteiger partial charge is 0.573 e. The third-order valence-electron chi connectivity index (χ3n) is 3.86. The molecular formula is C18H10ClF3N2O2. The summed E-state index contributed by atoms with van der Waals surface area (Å²) in [7, 11) is 0. The van der Waals surface area contributed by atoms with Crippen LogP contribution in [0.15, 0.2) is 48.5 Å². The van der Waals surface area contributed by atoms with Crippen molar-refractivity contribution in [2.45, 2.75) is 6.36 Å². The van der Waals surface area contributed by atoms with Crippen molar-refractivity contribution in [1.29, 1.82) is 0 Å². The van der Waals surface area contributed by atoms with Crippen LogP contribution in [-0.2, 0) is 0 Å². The predicted octanol–water partition coefficient (Wildman–Crippen LogP) is 5.64. The van der Waals surface area contributed by atoms with E-state index in [1.165, 1.54) is 24.3 Å². The van der Waals surface area contributed by atoms with E-state index in [0.717, 1.165) is 0 Å². The average Bonchev–Trinajstić information content (AvgIpc) is 2.96. The van der Waals surface area contributed by atoms with E-state index in [2.05, 4.69) is 14.7 Å². The first-order chi connectivity index (χ1) is 12.3. The van der Waals surface area contributed by atoms with Gasteiger partial charge >= 0.3 is 6.36 Å². The molecule has 0 aliphatic heterocycles. The first-order valence-electron chi connectivity index (χ1n) is 7.47. The van der Waals surface area contributed by atoms with Crippen LogP contribution in [0, 0.1) is 0 Å². The van der Waals surface area contributed by atoms with Gasteiger partial charge in [-0.25, -0.2) is 4.98 Å². The number of aromatic hydroxyl groups is 1. The molecule has 0 spiro atoms. The second-order valence-corrected chi connectivity index (χ2v) is 6.05. The van der Waals surface area contributed by atoms with Gasteiger partial charge in [0.15, 0.2) is 0 Å². The number of benzene rings is 2. The Morgan fingerprint density at radius 2 is 1.85 bits per heavy atom. The quantitative estimate of drug-likeness (QED) is 0.474. The lowest BCUT2D eigenvalue weighted by Crippen LogP contribution is -2.16. The fourth-order valence-electron chi connectivity index (χ4n) is 2.78. The number of hydrogen-bond acceptors (Lipinski definition) is 3. The molecule has 132 valence electrons. The normalized spacial score (nSPS) is 12.0. The highest BCUT2D eigenvalue weighted by molar-refractivity contribution is 6.35. The SMILES string of the molecule is Oc1cc2cccc(Cl)c2nc1-c1cc2cc(OC(F)(F)F)ccc2[nH]1. The number of nitrogens with zero attached hydrogens (tertiary/aromatic N) is 1. The van der Waals surface area contributed by atoms with E-state index in [9.17, 15) is 18.3 Å². The van der Waals surface area contributed by atoms with Gasteiger partial charge in [-0.05, 0) is 36.4 Å². The van der Waals surface area contributed by atoms with E-state index < -0.39 is 6.36 Å². The highest BCUT2D eigenvalue weighted by Gasteiger charge is 2.31. The summed E-state index contributed by atoms with van der Waals surface area (Å²) in [6.07, 6.45) is -4.76. The second-order valence-electron chi connectivity index (χ2n) is 5.65. The van der Waals surface area contributed by atoms with Crippen LogP contribution in [0.25, 0.3) is 33.2 Å². The van der Waals surface area contributed by atoms with Crippen LogP contribution in [0.3, 0.4) is 0 Å². The molecule has 8 heteroatoms. The summed E-state index contributed by atoms with van der Waals surface area (Å²) in [6, 6.07) is 12.2. The van der Waals surface area contributed by atoms with Gasteiger partial charge in [0.2, 0.25) is 0 Å². The minimum absolute atomic E-state index is 0.0712. The summed E-state index contributed by atoms with van der Waals surface area (Å²) in [5.74, 6) is -0.396. The molecule has 0 atom stereocenters. The molecular weight excluding hydrogens is 369 g/mol. The molecule has 0 saturated carbocycles. The van der Waals surface area contributed by atoms with Gasteiger partial charge < -0.3 is 14.8 Å². The number of H-pyrrole nitrogens is 1. The van der Waals surface area contributed by atoms with Crippen molar-refractivity contribution in [3.63, 3.8) is 0 Å². The number of alkyl halides is 3. The van der Waals surface area contributed by atoms with Gasteiger partial charge in [-0.15, -0.1) is 13.2 Å². The van der Waals surface area contributed by atoms with Crippen LogP contribution in [0.1, 0.15) is 0 Å². The number of rotatable bonds is 2. The maximum absolute atomic E-state index is 12.4. The minimum atomic E-state index is -4.76. The number of para-hydroxylation sites is 1.